The molecular weight excluding hydrogens is 481 g/mol. The molecule has 6 nitrogen and oxygen atoms in total. The molecule has 0 aliphatic rings. The van der Waals surface area contributed by atoms with Gasteiger partial charge in [-0.2, -0.15) is 9.61 Å². The van der Waals surface area contributed by atoms with Crippen LogP contribution in [-0.4, -0.2) is 27.6 Å². The summed E-state index contributed by atoms with van der Waals surface area (Å²) >= 11 is 0. The molecule has 2 heterocycles. The van der Waals surface area contributed by atoms with Gasteiger partial charge in [-0.15, -0.1) is 0 Å². The predicted molar refractivity (Wildman–Crippen MR) is 162 cm³/mol. The van der Waals surface area contributed by atoms with E-state index < -0.39 is 0 Å². The van der Waals surface area contributed by atoms with Crippen LogP contribution in [0.25, 0.3) is 27.7 Å². The van der Waals surface area contributed by atoms with E-state index >= 15 is 0 Å². The van der Waals surface area contributed by atoms with Crippen molar-refractivity contribution in [3.05, 3.63) is 127 Å². The van der Waals surface area contributed by atoms with Gasteiger partial charge in [0, 0.05) is 42.2 Å². The fourth-order valence-electron chi connectivity index (χ4n) is 4.82. The second-order valence-electron chi connectivity index (χ2n) is 9.75. The molecule has 0 atom stereocenters. The molecule has 39 heavy (non-hydrogen) atoms. The van der Waals surface area contributed by atoms with Crippen molar-refractivity contribution in [2.45, 2.75) is 13.0 Å². The summed E-state index contributed by atoms with van der Waals surface area (Å²) in [5.41, 5.74) is 7.34. The zero-order chi connectivity index (χ0) is 26.8. The van der Waals surface area contributed by atoms with Crippen molar-refractivity contribution in [1.82, 2.24) is 14.6 Å². The fraction of sp³-hybridized carbons (Fsp3) is 0.0625. The minimum absolute atomic E-state index is 0.195. The van der Waals surface area contributed by atoms with Gasteiger partial charge in [-0.25, -0.2) is 4.98 Å². The van der Waals surface area contributed by atoms with Crippen LogP contribution < -0.4 is 16.1 Å². The Balaban J connectivity index is 1.18. The maximum atomic E-state index is 10.4. The molecule has 6 rings (SSSR count). The summed E-state index contributed by atoms with van der Waals surface area (Å²) < 4.78 is 1.80. The van der Waals surface area contributed by atoms with E-state index in [9.17, 15) is 5.11 Å². The molecule has 0 aliphatic heterocycles. The Hall–Kier alpha value is -5.04. The number of aromatic nitrogens is 3. The molecule has 0 aliphatic carbocycles. The number of phenolic OH excluding ortho intramolecular Hbond substituents is 1. The average Bonchev–Trinajstić information content (AvgIpc) is 3.32. The lowest BCUT2D eigenvalue weighted by molar-refractivity contribution is 0.477. The normalized spacial score (nSPS) is 11.1. The summed E-state index contributed by atoms with van der Waals surface area (Å²) in [5, 5.41) is 24.4. The monoisotopic (exact) mass is 509 g/mol. The van der Waals surface area contributed by atoms with Gasteiger partial charge in [0.25, 0.3) is 0 Å². The first-order valence-electron chi connectivity index (χ1n) is 12.9. The maximum absolute atomic E-state index is 10.4. The second kappa shape index (κ2) is 10.4. The minimum atomic E-state index is 0.195. The highest BCUT2D eigenvalue weighted by atomic mass is 16.3. The number of rotatable bonds is 8. The Kier molecular flexibility index (Phi) is 6.47. The van der Waals surface area contributed by atoms with Crippen molar-refractivity contribution in [3.63, 3.8) is 0 Å². The highest BCUT2D eigenvalue weighted by Gasteiger charge is 2.13. The summed E-state index contributed by atoms with van der Waals surface area (Å²) in [6.45, 7) is 4.85. The SMILES string of the molecule is Bc1cnn2c(NCc3cccc(NC(=C)Cc4ccc5ccccc5c4)c3)cc(-c3ccccc3O)nc12. The van der Waals surface area contributed by atoms with Gasteiger partial charge in [0.05, 0.1) is 5.69 Å². The first kappa shape index (κ1) is 24.3. The third-order valence-electron chi connectivity index (χ3n) is 6.78. The summed E-state index contributed by atoms with van der Waals surface area (Å²) in [6.07, 6.45) is 2.55. The number of nitrogens with zero attached hydrogens (tertiary/aromatic N) is 3. The van der Waals surface area contributed by atoms with Crippen LogP contribution in [0.5, 0.6) is 5.75 Å². The Bertz CT molecular complexity index is 1830. The molecule has 6 aromatic rings. The molecule has 0 bridgehead atoms. The van der Waals surface area contributed by atoms with Gasteiger partial charge in [0.1, 0.15) is 19.4 Å². The lowest BCUT2D eigenvalue weighted by Gasteiger charge is -2.14. The van der Waals surface area contributed by atoms with Gasteiger partial charge >= 0.3 is 0 Å². The molecule has 0 amide bonds. The number of benzene rings is 4. The molecule has 190 valence electrons. The number of phenols is 1. The molecule has 0 spiro atoms. The maximum Gasteiger partial charge on any atom is 0.151 e. The second-order valence-corrected chi connectivity index (χ2v) is 9.75. The summed E-state index contributed by atoms with van der Waals surface area (Å²) in [7, 11) is 1.98. The van der Waals surface area contributed by atoms with Gasteiger partial charge in [-0.05, 0) is 51.6 Å². The molecule has 0 unspecified atom stereocenters. The predicted octanol–water partition coefficient (Wildman–Crippen LogP) is 5.29. The lowest BCUT2D eigenvalue weighted by atomic mass is 10.0. The number of allylic oxidation sites excluding steroid dienone is 1. The van der Waals surface area contributed by atoms with Gasteiger partial charge in [0.2, 0.25) is 0 Å². The van der Waals surface area contributed by atoms with E-state index in [1.807, 2.05) is 38.2 Å². The largest absolute Gasteiger partial charge is 0.507 e. The number of fused-ring (bicyclic) bond motifs is 2. The van der Waals surface area contributed by atoms with Gasteiger partial charge in [0.15, 0.2) is 5.65 Å². The Morgan fingerprint density at radius 3 is 2.56 bits per heavy atom. The third-order valence-corrected chi connectivity index (χ3v) is 6.78. The zero-order valence-electron chi connectivity index (χ0n) is 21.7. The van der Waals surface area contributed by atoms with Gasteiger partial charge in [-0.1, -0.05) is 73.3 Å². The molecule has 7 heteroatoms. The minimum Gasteiger partial charge on any atom is -0.507 e. The Morgan fingerprint density at radius 2 is 1.69 bits per heavy atom. The first-order valence-corrected chi connectivity index (χ1v) is 12.9. The van der Waals surface area contributed by atoms with E-state index in [-0.39, 0.29) is 5.75 Å². The molecule has 3 N–H and O–H groups in total. The molecule has 0 radical (unpaired) electrons. The Morgan fingerprint density at radius 1 is 0.872 bits per heavy atom. The van der Waals surface area contributed by atoms with Gasteiger partial charge < -0.3 is 15.7 Å². The molecule has 0 saturated carbocycles. The molecule has 0 saturated heterocycles. The van der Waals surface area contributed by atoms with Crippen LogP contribution in [0.1, 0.15) is 11.1 Å². The van der Waals surface area contributed by atoms with Crippen molar-refractivity contribution >= 4 is 41.2 Å². The summed E-state index contributed by atoms with van der Waals surface area (Å²) in [6, 6.07) is 32.4. The van der Waals surface area contributed by atoms with Crippen LogP contribution in [-0.2, 0) is 13.0 Å². The fourth-order valence-corrected chi connectivity index (χ4v) is 4.82. The molecule has 4 aromatic carbocycles. The number of anilines is 2. The smallest absolute Gasteiger partial charge is 0.151 e. The average molecular weight is 509 g/mol. The number of hydrogen-bond acceptors (Lipinski definition) is 5. The van der Waals surface area contributed by atoms with Crippen molar-refractivity contribution in [2.75, 3.05) is 10.6 Å². The number of nitrogens with one attached hydrogen (secondary N) is 2. The summed E-state index contributed by atoms with van der Waals surface area (Å²) in [4.78, 5) is 4.76. The van der Waals surface area contributed by atoms with E-state index in [1.165, 1.54) is 16.3 Å². The first-order chi connectivity index (χ1) is 19.0. The van der Waals surface area contributed by atoms with E-state index in [0.29, 0.717) is 17.8 Å². The lowest BCUT2D eigenvalue weighted by Crippen LogP contribution is -2.10. The molecule has 0 fully saturated rings. The number of para-hydroxylation sites is 1. The van der Waals surface area contributed by atoms with Crippen LogP contribution >= 0.6 is 0 Å². The highest BCUT2D eigenvalue weighted by Crippen LogP contribution is 2.29. The molecular formula is C32H28BN5O. The van der Waals surface area contributed by atoms with E-state index in [1.54, 1.807) is 22.8 Å². The van der Waals surface area contributed by atoms with Crippen molar-refractivity contribution in [2.24, 2.45) is 0 Å². The quantitative estimate of drug-likeness (QED) is 0.243. The zero-order valence-corrected chi connectivity index (χ0v) is 21.7. The van der Waals surface area contributed by atoms with Crippen molar-refractivity contribution in [1.29, 1.82) is 0 Å². The highest BCUT2D eigenvalue weighted by molar-refractivity contribution is 6.36. The van der Waals surface area contributed by atoms with Crippen LogP contribution in [0.4, 0.5) is 11.5 Å². The standard InChI is InChI=1S/C32H28BN5O/c1-21(15-22-13-14-24-8-2-3-9-25(24)16-22)36-26-10-6-7-23(17-26)19-34-31-18-29(27-11-4-5-12-30(27)39)37-32-28(33)20-35-38(31)32/h2-14,16-18,20,34,36,39H,1,15,19,33H2. The van der Waals surface area contributed by atoms with Crippen LogP contribution in [0.15, 0.2) is 116 Å². The van der Waals surface area contributed by atoms with Crippen LogP contribution in [0.3, 0.4) is 0 Å². The number of hydrogen-bond donors (Lipinski definition) is 3. The van der Waals surface area contributed by atoms with E-state index in [2.05, 4.69) is 76.9 Å². The van der Waals surface area contributed by atoms with Gasteiger partial charge in [-0.3, -0.25) is 0 Å². The molecule has 2 aromatic heterocycles. The third kappa shape index (κ3) is 5.20. The topological polar surface area (TPSA) is 74.5 Å². The number of aromatic hydroxyl groups is 1. The van der Waals surface area contributed by atoms with E-state index in [0.717, 1.165) is 40.3 Å². The van der Waals surface area contributed by atoms with Crippen molar-refractivity contribution in [3.8, 4) is 17.0 Å². The van der Waals surface area contributed by atoms with Crippen molar-refractivity contribution < 1.29 is 5.11 Å². The summed E-state index contributed by atoms with van der Waals surface area (Å²) in [5.74, 6) is 0.991. The Labute approximate surface area is 228 Å². The van der Waals surface area contributed by atoms with Crippen LogP contribution in [0.2, 0.25) is 0 Å². The van der Waals surface area contributed by atoms with E-state index in [4.69, 9.17) is 4.98 Å². The van der Waals surface area contributed by atoms with Crippen LogP contribution in [0, 0.1) is 0 Å².